The number of nitrogens with one attached hydrogen (secondary N) is 3. The molecule has 11 heteroatoms. The highest BCUT2D eigenvalue weighted by molar-refractivity contribution is 5.99. The summed E-state index contributed by atoms with van der Waals surface area (Å²) in [5.74, 6) is -0.830. The van der Waals surface area contributed by atoms with Crippen LogP contribution in [0.5, 0.6) is 0 Å². The Bertz CT molecular complexity index is 2110. The van der Waals surface area contributed by atoms with Gasteiger partial charge in [-0.15, -0.1) is 0 Å². The van der Waals surface area contributed by atoms with Crippen LogP contribution in [0.4, 0.5) is 11.4 Å². The number of nitrogens with zero attached hydrogens (tertiary/aromatic N) is 2. The second-order valence-electron chi connectivity index (χ2n) is 13.1. The highest BCUT2D eigenvalue weighted by atomic mass is 16.2. The van der Waals surface area contributed by atoms with Crippen molar-refractivity contribution < 1.29 is 14.4 Å². The Morgan fingerprint density at radius 1 is 0.556 bits per heavy atom. The van der Waals surface area contributed by atoms with Crippen LogP contribution < -0.4 is 33.2 Å². The molecule has 11 nitrogen and oxygen atoms in total. The van der Waals surface area contributed by atoms with Crippen molar-refractivity contribution in [2.45, 2.75) is 56.7 Å². The van der Waals surface area contributed by atoms with Crippen molar-refractivity contribution in [2.75, 3.05) is 17.2 Å². The highest BCUT2D eigenvalue weighted by Gasteiger charge is 2.24. The van der Waals surface area contributed by atoms with Gasteiger partial charge in [-0.25, -0.2) is 0 Å². The van der Waals surface area contributed by atoms with Crippen LogP contribution in [0.3, 0.4) is 0 Å². The second-order valence-corrected chi connectivity index (χ2v) is 13.1. The molecule has 2 heterocycles. The molecule has 0 saturated heterocycles. The molecule has 6 rings (SSSR count). The molecule has 3 amide bonds. The zero-order valence-electron chi connectivity index (χ0n) is 30.2. The summed E-state index contributed by atoms with van der Waals surface area (Å²) in [5, 5.41) is 10.5. The number of hydrogen-bond donors (Lipinski definition) is 6. The van der Waals surface area contributed by atoms with E-state index < -0.39 is 18.1 Å². The summed E-state index contributed by atoms with van der Waals surface area (Å²) >= 11 is 0. The minimum Gasteiger partial charge on any atom is -0.343 e. The maximum absolute atomic E-state index is 13.0. The predicted octanol–water partition coefficient (Wildman–Crippen LogP) is 5.49. The van der Waals surface area contributed by atoms with E-state index in [9.17, 15) is 14.4 Å². The Morgan fingerprint density at radius 3 is 1.56 bits per heavy atom. The van der Waals surface area contributed by atoms with E-state index in [4.69, 9.17) is 17.2 Å². The minimum absolute atomic E-state index is 0.182. The summed E-state index contributed by atoms with van der Waals surface area (Å²) < 4.78 is 0. The van der Waals surface area contributed by atoms with Gasteiger partial charge in [0.2, 0.25) is 17.7 Å². The molecule has 278 valence electrons. The monoisotopic (exact) mass is 724 g/mol. The maximum Gasteiger partial charge on any atom is 0.247 e. The summed E-state index contributed by atoms with van der Waals surface area (Å²) in [6.07, 6.45) is 6.89. The average molecular weight is 725 g/mol. The maximum atomic E-state index is 13.0. The van der Waals surface area contributed by atoms with Crippen molar-refractivity contribution >= 4 is 50.9 Å². The number of nitrogens with two attached hydrogens (primary N) is 3. The molecular weight excluding hydrogens is 677 g/mol. The number of rotatable bonds is 15. The van der Waals surface area contributed by atoms with E-state index in [1.807, 2.05) is 121 Å². The van der Waals surface area contributed by atoms with Crippen LogP contribution in [0.15, 0.2) is 134 Å². The van der Waals surface area contributed by atoms with Crippen molar-refractivity contribution in [1.29, 1.82) is 0 Å². The molecule has 0 aliphatic rings. The van der Waals surface area contributed by atoms with Crippen molar-refractivity contribution in [1.82, 2.24) is 15.3 Å². The molecule has 0 unspecified atom stereocenters. The van der Waals surface area contributed by atoms with Gasteiger partial charge in [0.15, 0.2) is 0 Å². The molecule has 0 aliphatic heterocycles. The van der Waals surface area contributed by atoms with E-state index in [0.717, 1.165) is 33.8 Å². The molecule has 0 spiro atoms. The fourth-order valence-electron chi connectivity index (χ4n) is 5.81. The Morgan fingerprint density at radius 2 is 1.02 bits per heavy atom. The Hall–Kier alpha value is -6.01. The molecule has 6 aromatic rings. The van der Waals surface area contributed by atoms with Gasteiger partial charge in [-0.1, -0.05) is 97.1 Å². The first-order chi connectivity index (χ1) is 26.3. The molecule has 2 aromatic heterocycles. The molecule has 4 aromatic carbocycles. The van der Waals surface area contributed by atoms with Crippen molar-refractivity contribution in [2.24, 2.45) is 17.2 Å². The van der Waals surface area contributed by atoms with E-state index in [1.54, 1.807) is 12.4 Å². The number of aromatic nitrogens is 2. The molecule has 0 radical (unpaired) electrons. The van der Waals surface area contributed by atoms with E-state index in [0.29, 0.717) is 50.0 Å². The standard InChI is InChI=1S/C24H29N5O2.C19H19N3O/c25-14-6-10-20(26)23(30)29-22(13-12-17-7-2-1-3-8-17)24(31)28-19-15-18-9-4-5-11-21(18)27-16-19;20-17(11-10-14-6-2-1-3-7-14)19(23)22-16-12-15-8-4-5-9-18(15)21-13-16/h1-5,7-9,11,15-16,20,22H,6,10,12-14,25-26H2,(H,28,31)(H,29,30);1-9,12-13,17H,10-11,20H2,(H,22,23)/t20-,22+;17-/m01/s1. The topological polar surface area (TPSA) is 191 Å². The number of carbonyl (C=O) groups excluding carboxylic acids is 3. The Balaban J connectivity index is 0.000000217. The molecule has 0 fully saturated rings. The van der Waals surface area contributed by atoms with E-state index in [1.165, 1.54) is 5.56 Å². The number of para-hydroxylation sites is 2. The number of carbonyl (C=O) groups is 3. The highest BCUT2D eigenvalue weighted by Crippen LogP contribution is 2.18. The minimum atomic E-state index is -0.719. The molecule has 0 bridgehead atoms. The van der Waals surface area contributed by atoms with E-state index >= 15 is 0 Å². The van der Waals surface area contributed by atoms with Gasteiger partial charge in [0.05, 0.1) is 46.9 Å². The van der Waals surface area contributed by atoms with Crippen LogP contribution in [0, 0.1) is 0 Å². The summed E-state index contributed by atoms with van der Waals surface area (Å²) in [4.78, 5) is 46.5. The second kappa shape index (κ2) is 20.3. The number of aryl methyl sites for hydroxylation is 2. The lowest BCUT2D eigenvalue weighted by molar-refractivity contribution is -0.127. The van der Waals surface area contributed by atoms with Gasteiger partial charge in [0.1, 0.15) is 6.04 Å². The number of fused-ring (bicyclic) bond motifs is 2. The van der Waals surface area contributed by atoms with Crippen molar-refractivity contribution in [3.63, 3.8) is 0 Å². The van der Waals surface area contributed by atoms with Crippen LogP contribution in [-0.2, 0) is 27.2 Å². The third-order valence-electron chi connectivity index (χ3n) is 8.89. The van der Waals surface area contributed by atoms with Gasteiger partial charge in [0, 0.05) is 10.8 Å². The van der Waals surface area contributed by atoms with Gasteiger partial charge in [-0.3, -0.25) is 24.4 Å². The first-order valence-electron chi connectivity index (χ1n) is 18.2. The largest absolute Gasteiger partial charge is 0.343 e. The van der Waals surface area contributed by atoms with E-state index in [2.05, 4.69) is 25.9 Å². The summed E-state index contributed by atoms with van der Waals surface area (Å²) in [5.41, 5.74) is 22.7. The summed E-state index contributed by atoms with van der Waals surface area (Å²) in [6.45, 7) is 0.466. The summed E-state index contributed by atoms with van der Waals surface area (Å²) in [6, 6.07) is 37.1. The van der Waals surface area contributed by atoms with Crippen LogP contribution >= 0.6 is 0 Å². The van der Waals surface area contributed by atoms with Gasteiger partial charge in [-0.2, -0.15) is 0 Å². The Labute approximate surface area is 315 Å². The lowest BCUT2D eigenvalue weighted by Gasteiger charge is -2.21. The quantitative estimate of drug-likeness (QED) is 0.0801. The lowest BCUT2D eigenvalue weighted by Crippen LogP contribution is -2.50. The summed E-state index contributed by atoms with van der Waals surface area (Å²) in [7, 11) is 0. The molecule has 54 heavy (non-hydrogen) atoms. The van der Waals surface area contributed by atoms with Gasteiger partial charge >= 0.3 is 0 Å². The van der Waals surface area contributed by atoms with Gasteiger partial charge in [0.25, 0.3) is 0 Å². The smallest absolute Gasteiger partial charge is 0.247 e. The van der Waals surface area contributed by atoms with Crippen molar-refractivity contribution in [3.05, 3.63) is 145 Å². The van der Waals surface area contributed by atoms with Crippen molar-refractivity contribution in [3.8, 4) is 0 Å². The average Bonchev–Trinajstić information content (AvgIpc) is 3.21. The fraction of sp³-hybridized carbons (Fsp3) is 0.233. The number of amides is 3. The SMILES string of the molecule is NCCC[C@H](N)C(=O)N[C@H](CCc1ccccc1)C(=O)Nc1cnc2ccccc2c1.N[C@H](CCc1ccccc1)C(=O)Nc1cnc2ccccc2c1. The zero-order valence-corrected chi connectivity index (χ0v) is 30.2. The number of pyridine rings is 2. The number of benzene rings is 4. The fourth-order valence-corrected chi connectivity index (χ4v) is 5.81. The third-order valence-corrected chi connectivity index (χ3v) is 8.89. The molecule has 0 saturated carbocycles. The van der Waals surface area contributed by atoms with Crippen LogP contribution in [0.25, 0.3) is 21.8 Å². The predicted molar refractivity (Wildman–Crippen MR) is 216 cm³/mol. The lowest BCUT2D eigenvalue weighted by atomic mass is 10.0. The van der Waals surface area contributed by atoms with Crippen LogP contribution in [0.2, 0.25) is 0 Å². The zero-order chi connectivity index (χ0) is 38.1. The number of anilines is 2. The Kier molecular flexibility index (Phi) is 14.7. The van der Waals surface area contributed by atoms with Crippen LogP contribution in [0.1, 0.15) is 36.8 Å². The molecule has 9 N–H and O–H groups in total. The molecule has 3 atom stereocenters. The van der Waals surface area contributed by atoms with Gasteiger partial charge < -0.3 is 33.2 Å². The molecular formula is C43H48N8O3. The normalized spacial score (nSPS) is 12.5. The van der Waals surface area contributed by atoms with Crippen LogP contribution in [-0.4, -0.2) is 52.4 Å². The molecule has 0 aliphatic carbocycles. The first kappa shape index (κ1) is 39.2. The van der Waals surface area contributed by atoms with E-state index in [-0.39, 0.29) is 17.7 Å². The third kappa shape index (κ3) is 12.0. The first-order valence-corrected chi connectivity index (χ1v) is 18.2. The number of hydrogen-bond acceptors (Lipinski definition) is 8. The van der Waals surface area contributed by atoms with Gasteiger partial charge in [-0.05, 0) is 80.5 Å².